The molecule has 0 saturated carbocycles. The number of hydrogen-bond acceptors (Lipinski definition) is 2. The quantitative estimate of drug-likeness (QED) is 0.883. The third-order valence-corrected chi connectivity index (χ3v) is 3.81. The van der Waals surface area contributed by atoms with Gasteiger partial charge < -0.3 is 5.73 Å². The highest BCUT2D eigenvalue weighted by Gasteiger charge is 2.21. The second-order valence-corrected chi connectivity index (χ2v) is 7.01. The van der Waals surface area contributed by atoms with Gasteiger partial charge in [0.05, 0.1) is 15.7 Å². The zero-order valence-corrected chi connectivity index (χ0v) is 13.7. The minimum Gasteiger partial charge on any atom is -0.383 e. The highest BCUT2D eigenvalue weighted by molar-refractivity contribution is 6.42. The smallest absolute Gasteiger partial charge is 0.129 e. The van der Waals surface area contributed by atoms with Crippen molar-refractivity contribution in [2.45, 2.75) is 27.2 Å². The van der Waals surface area contributed by atoms with E-state index >= 15 is 0 Å². The zero-order valence-electron chi connectivity index (χ0n) is 12.2. The van der Waals surface area contributed by atoms with E-state index in [-0.39, 0.29) is 5.41 Å². The van der Waals surface area contributed by atoms with Crippen molar-refractivity contribution < 1.29 is 0 Å². The summed E-state index contributed by atoms with van der Waals surface area (Å²) in [4.78, 5) is 0. The van der Waals surface area contributed by atoms with Crippen molar-refractivity contribution in [2.24, 2.45) is 12.5 Å². The van der Waals surface area contributed by atoms with Crippen LogP contribution in [0, 0.1) is 5.41 Å². The Hall–Kier alpha value is -1.19. The maximum atomic E-state index is 6.17. The molecule has 0 aliphatic heterocycles. The first kappa shape index (κ1) is 15.2. The average molecular weight is 312 g/mol. The minimum atomic E-state index is 0.131. The van der Waals surface area contributed by atoms with Gasteiger partial charge >= 0.3 is 0 Å². The molecule has 2 rings (SSSR count). The van der Waals surface area contributed by atoms with Crippen molar-refractivity contribution in [3.8, 4) is 11.1 Å². The molecule has 0 bridgehead atoms. The summed E-state index contributed by atoms with van der Waals surface area (Å²) < 4.78 is 1.71. The predicted molar refractivity (Wildman–Crippen MR) is 86.2 cm³/mol. The number of hydrogen-bond donors (Lipinski definition) is 1. The second-order valence-electron chi connectivity index (χ2n) is 6.20. The van der Waals surface area contributed by atoms with Gasteiger partial charge in [0.2, 0.25) is 0 Å². The molecule has 0 spiro atoms. The number of nitrogens with two attached hydrogens (primary N) is 1. The standard InChI is InChI=1S/C15H19Cl2N3/c1-15(2,3)8-12-13(14(18)20(4)19-12)9-5-6-10(16)11(17)7-9/h5-7H,8,18H2,1-4H3. The predicted octanol–water partition coefficient (Wildman–Crippen LogP) is 4.56. The van der Waals surface area contributed by atoms with Crippen molar-refractivity contribution in [3.05, 3.63) is 33.9 Å². The summed E-state index contributed by atoms with van der Waals surface area (Å²) in [6.07, 6.45) is 0.841. The van der Waals surface area contributed by atoms with Crippen LogP contribution in [0.15, 0.2) is 18.2 Å². The van der Waals surface area contributed by atoms with Gasteiger partial charge in [-0.15, -0.1) is 0 Å². The fourth-order valence-electron chi connectivity index (χ4n) is 2.19. The normalized spacial score (nSPS) is 11.9. The highest BCUT2D eigenvalue weighted by atomic mass is 35.5. The largest absolute Gasteiger partial charge is 0.383 e. The molecule has 0 unspecified atom stereocenters. The lowest BCUT2D eigenvalue weighted by Gasteiger charge is -2.17. The Bertz CT molecular complexity index is 639. The van der Waals surface area contributed by atoms with Crippen LogP contribution in [0.4, 0.5) is 5.82 Å². The monoisotopic (exact) mass is 311 g/mol. The van der Waals surface area contributed by atoms with E-state index in [9.17, 15) is 0 Å². The minimum absolute atomic E-state index is 0.131. The molecule has 20 heavy (non-hydrogen) atoms. The molecular weight excluding hydrogens is 293 g/mol. The van der Waals surface area contributed by atoms with E-state index in [1.165, 1.54) is 0 Å². The maximum Gasteiger partial charge on any atom is 0.129 e. The summed E-state index contributed by atoms with van der Waals surface area (Å²) in [6, 6.07) is 5.55. The number of aryl methyl sites for hydroxylation is 1. The molecular formula is C15H19Cl2N3. The van der Waals surface area contributed by atoms with Crippen LogP contribution in [0.25, 0.3) is 11.1 Å². The van der Waals surface area contributed by atoms with Crippen molar-refractivity contribution in [3.63, 3.8) is 0 Å². The topological polar surface area (TPSA) is 43.8 Å². The molecule has 0 aliphatic carbocycles. The molecule has 108 valence electrons. The fourth-order valence-corrected chi connectivity index (χ4v) is 2.48. The van der Waals surface area contributed by atoms with E-state index in [1.807, 2.05) is 19.2 Å². The zero-order chi connectivity index (χ0) is 15.1. The third kappa shape index (κ3) is 3.10. The van der Waals surface area contributed by atoms with Gasteiger partial charge in [-0.25, -0.2) is 0 Å². The number of nitrogens with zero attached hydrogens (tertiary/aromatic N) is 2. The van der Waals surface area contributed by atoms with Crippen LogP contribution < -0.4 is 5.73 Å². The molecule has 1 heterocycles. The van der Waals surface area contributed by atoms with Crippen LogP contribution in [0.5, 0.6) is 0 Å². The van der Waals surface area contributed by atoms with Crippen LogP contribution >= 0.6 is 23.2 Å². The Labute approximate surface area is 129 Å². The van der Waals surface area contributed by atoms with Crippen LogP contribution in [0.3, 0.4) is 0 Å². The molecule has 3 nitrogen and oxygen atoms in total. The second kappa shape index (κ2) is 5.30. The van der Waals surface area contributed by atoms with Gasteiger partial charge in [0.15, 0.2) is 0 Å². The van der Waals surface area contributed by atoms with Crippen molar-refractivity contribution >= 4 is 29.0 Å². The van der Waals surface area contributed by atoms with Gasteiger partial charge in [-0.1, -0.05) is 50.0 Å². The molecule has 0 amide bonds. The summed E-state index contributed by atoms with van der Waals surface area (Å²) in [6.45, 7) is 6.53. The SMILES string of the molecule is Cn1nc(CC(C)(C)C)c(-c2ccc(Cl)c(Cl)c2)c1N. The molecule has 2 aromatic rings. The Kier molecular flexibility index (Phi) is 4.03. The summed E-state index contributed by atoms with van der Waals surface area (Å²) in [5.74, 6) is 0.641. The molecule has 0 fully saturated rings. The lowest BCUT2D eigenvalue weighted by Crippen LogP contribution is -2.10. The van der Waals surface area contributed by atoms with Gasteiger partial charge in [0, 0.05) is 12.6 Å². The first-order chi connectivity index (χ1) is 9.19. The molecule has 2 N–H and O–H groups in total. The van der Waals surface area contributed by atoms with E-state index < -0.39 is 0 Å². The average Bonchev–Trinajstić information content (AvgIpc) is 2.56. The molecule has 0 saturated heterocycles. The number of halogens is 2. The van der Waals surface area contributed by atoms with Crippen molar-refractivity contribution in [1.29, 1.82) is 0 Å². The number of benzene rings is 1. The van der Waals surface area contributed by atoms with E-state index in [0.29, 0.717) is 15.9 Å². The van der Waals surface area contributed by atoms with Gasteiger partial charge in [0.1, 0.15) is 5.82 Å². The van der Waals surface area contributed by atoms with Gasteiger partial charge in [-0.2, -0.15) is 5.10 Å². The fraction of sp³-hybridized carbons (Fsp3) is 0.400. The number of rotatable bonds is 2. The van der Waals surface area contributed by atoms with E-state index in [2.05, 4.69) is 25.9 Å². The Morgan fingerprint density at radius 2 is 1.85 bits per heavy atom. The Morgan fingerprint density at radius 1 is 1.20 bits per heavy atom. The number of nitrogen functional groups attached to an aromatic ring is 1. The summed E-state index contributed by atoms with van der Waals surface area (Å²) in [7, 11) is 1.85. The molecule has 5 heteroatoms. The van der Waals surface area contributed by atoms with Crippen molar-refractivity contribution in [1.82, 2.24) is 9.78 Å². The molecule has 1 aromatic carbocycles. The Balaban J connectivity index is 2.57. The number of aromatic nitrogens is 2. The molecule has 0 atom stereocenters. The van der Waals surface area contributed by atoms with E-state index in [4.69, 9.17) is 28.9 Å². The van der Waals surface area contributed by atoms with Gasteiger partial charge in [0.25, 0.3) is 0 Å². The highest BCUT2D eigenvalue weighted by Crippen LogP contribution is 2.36. The lowest BCUT2D eigenvalue weighted by molar-refractivity contribution is 0.405. The Morgan fingerprint density at radius 3 is 2.40 bits per heavy atom. The van der Waals surface area contributed by atoms with Gasteiger partial charge in [-0.05, 0) is 29.5 Å². The van der Waals surface area contributed by atoms with Crippen LogP contribution in [-0.2, 0) is 13.5 Å². The molecule has 0 radical (unpaired) electrons. The molecule has 1 aromatic heterocycles. The first-order valence-electron chi connectivity index (χ1n) is 6.46. The van der Waals surface area contributed by atoms with Gasteiger partial charge in [-0.3, -0.25) is 4.68 Å². The van der Waals surface area contributed by atoms with Crippen LogP contribution in [-0.4, -0.2) is 9.78 Å². The van der Waals surface area contributed by atoms with Crippen molar-refractivity contribution in [2.75, 3.05) is 5.73 Å². The molecule has 0 aliphatic rings. The van der Waals surface area contributed by atoms with E-state index in [1.54, 1.807) is 10.7 Å². The van der Waals surface area contributed by atoms with Crippen LogP contribution in [0.1, 0.15) is 26.5 Å². The summed E-state index contributed by atoms with van der Waals surface area (Å²) >= 11 is 12.1. The third-order valence-electron chi connectivity index (χ3n) is 3.07. The maximum absolute atomic E-state index is 6.17. The van der Waals surface area contributed by atoms with E-state index in [0.717, 1.165) is 23.2 Å². The first-order valence-corrected chi connectivity index (χ1v) is 7.21. The lowest BCUT2D eigenvalue weighted by atomic mass is 9.88. The number of anilines is 1. The summed E-state index contributed by atoms with van der Waals surface area (Å²) in [5.41, 5.74) is 9.17. The van der Waals surface area contributed by atoms with Crippen LogP contribution in [0.2, 0.25) is 10.0 Å². The summed E-state index contributed by atoms with van der Waals surface area (Å²) in [5, 5.41) is 5.60.